The summed E-state index contributed by atoms with van der Waals surface area (Å²) >= 11 is 6.02. The molecule has 0 saturated heterocycles. The second-order valence-corrected chi connectivity index (χ2v) is 7.00. The molecule has 5 nitrogen and oxygen atoms in total. The summed E-state index contributed by atoms with van der Waals surface area (Å²) in [5.41, 5.74) is 1.80. The zero-order chi connectivity index (χ0) is 18.4. The molecule has 1 aliphatic carbocycles. The molecule has 0 unspecified atom stereocenters. The Morgan fingerprint density at radius 2 is 1.92 bits per heavy atom. The molecule has 6 heteroatoms. The number of hydrogen-bond donors (Lipinski definition) is 2. The van der Waals surface area contributed by atoms with E-state index in [0.717, 1.165) is 5.69 Å². The molecule has 1 aromatic heterocycles. The van der Waals surface area contributed by atoms with Gasteiger partial charge < -0.3 is 15.4 Å². The van der Waals surface area contributed by atoms with E-state index in [1.807, 2.05) is 6.07 Å². The zero-order valence-electron chi connectivity index (χ0n) is 14.9. The molecule has 1 fully saturated rings. The Labute approximate surface area is 159 Å². The van der Waals surface area contributed by atoms with Gasteiger partial charge in [0.1, 0.15) is 11.4 Å². The molecule has 1 aromatic carbocycles. The number of amides is 1. The van der Waals surface area contributed by atoms with Crippen molar-refractivity contribution in [3.05, 3.63) is 47.2 Å². The van der Waals surface area contributed by atoms with Crippen molar-refractivity contribution in [2.24, 2.45) is 0 Å². The Bertz CT molecular complexity index is 758. The number of halogens is 1. The van der Waals surface area contributed by atoms with Crippen molar-refractivity contribution < 1.29 is 9.53 Å². The van der Waals surface area contributed by atoms with E-state index in [-0.39, 0.29) is 5.91 Å². The maximum absolute atomic E-state index is 12.6. The van der Waals surface area contributed by atoms with Crippen LogP contribution in [-0.2, 0) is 0 Å². The Balaban J connectivity index is 1.71. The molecule has 0 radical (unpaired) electrons. The molecule has 1 amide bonds. The number of carbonyl (C=O) groups excluding carboxylic acids is 1. The van der Waals surface area contributed by atoms with Gasteiger partial charge in [0.25, 0.3) is 5.91 Å². The van der Waals surface area contributed by atoms with Crippen LogP contribution in [0.25, 0.3) is 0 Å². The van der Waals surface area contributed by atoms with E-state index in [4.69, 9.17) is 16.3 Å². The lowest BCUT2D eigenvalue weighted by Crippen LogP contribution is -2.19. The van der Waals surface area contributed by atoms with Crippen molar-refractivity contribution in [2.45, 2.75) is 44.6 Å². The summed E-state index contributed by atoms with van der Waals surface area (Å²) in [4.78, 5) is 16.8. The lowest BCUT2D eigenvalue weighted by molar-refractivity contribution is 0.102. The quantitative estimate of drug-likeness (QED) is 0.713. The maximum Gasteiger partial charge on any atom is 0.274 e. The number of ether oxygens (including phenoxy) is 1. The SMILES string of the molecule is COc1ccc(Cl)cc1NC(=O)c1cc(NC2CCCCCC2)ccn1. The van der Waals surface area contributed by atoms with Gasteiger partial charge in [-0.05, 0) is 43.2 Å². The molecule has 0 bridgehead atoms. The van der Waals surface area contributed by atoms with Gasteiger partial charge in [0.15, 0.2) is 0 Å². The molecule has 2 N–H and O–H groups in total. The van der Waals surface area contributed by atoms with Crippen LogP contribution in [0, 0.1) is 0 Å². The number of methoxy groups -OCH3 is 1. The minimum absolute atomic E-state index is 0.296. The summed E-state index contributed by atoms with van der Waals surface area (Å²) in [6.07, 6.45) is 9.12. The number of pyridine rings is 1. The highest BCUT2D eigenvalue weighted by molar-refractivity contribution is 6.31. The predicted octanol–water partition coefficient (Wildman–Crippen LogP) is 5.13. The van der Waals surface area contributed by atoms with Gasteiger partial charge in [-0.3, -0.25) is 9.78 Å². The van der Waals surface area contributed by atoms with Crippen LogP contribution in [0.2, 0.25) is 5.02 Å². The predicted molar refractivity (Wildman–Crippen MR) is 105 cm³/mol. The normalized spacial score (nSPS) is 15.2. The number of rotatable bonds is 5. The second kappa shape index (κ2) is 8.90. The van der Waals surface area contributed by atoms with Gasteiger partial charge >= 0.3 is 0 Å². The monoisotopic (exact) mass is 373 g/mol. The van der Waals surface area contributed by atoms with E-state index in [2.05, 4.69) is 15.6 Å². The summed E-state index contributed by atoms with van der Waals surface area (Å²) < 4.78 is 5.27. The van der Waals surface area contributed by atoms with Crippen LogP contribution >= 0.6 is 11.6 Å². The summed E-state index contributed by atoms with van der Waals surface area (Å²) in [5.74, 6) is 0.255. The van der Waals surface area contributed by atoms with Gasteiger partial charge in [0.05, 0.1) is 12.8 Å². The molecule has 26 heavy (non-hydrogen) atoms. The van der Waals surface area contributed by atoms with Crippen LogP contribution in [0.3, 0.4) is 0 Å². The second-order valence-electron chi connectivity index (χ2n) is 6.56. The number of nitrogens with one attached hydrogen (secondary N) is 2. The summed E-state index contributed by atoms with van der Waals surface area (Å²) in [5, 5.41) is 6.89. The van der Waals surface area contributed by atoms with Gasteiger partial charge in [-0.1, -0.05) is 37.3 Å². The third-order valence-corrected chi connectivity index (χ3v) is 4.86. The van der Waals surface area contributed by atoms with Crippen molar-refractivity contribution >= 4 is 28.9 Å². The molecule has 0 spiro atoms. The molecular weight excluding hydrogens is 350 g/mol. The zero-order valence-corrected chi connectivity index (χ0v) is 15.7. The fourth-order valence-corrected chi connectivity index (χ4v) is 3.44. The van der Waals surface area contributed by atoms with E-state index < -0.39 is 0 Å². The number of hydrogen-bond acceptors (Lipinski definition) is 4. The topological polar surface area (TPSA) is 63.2 Å². The van der Waals surface area contributed by atoms with E-state index >= 15 is 0 Å². The van der Waals surface area contributed by atoms with Crippen molar-refractivity contribution in [2.75, 3.05) is 17.7 Å². The molecule has 0 atom stereocenters. The van der Waals surface area contributed by atoms with Crippen LogP contribution in [0.1, 0.15) is 49.0 Å². The first-order valence-corrected chi connectivity index (χ1v) is 9.41. The summed E-state index contributed by atoms with van der Waals surface area (Å²) in [7, 11) is 1.55. The lowest BCUT2D eigenvalue weighted by Gasteiger charge is -2.18. The van der Waals surface area contributed by atoms with Gasteiger partial charge in [0.2, 0.25) is 0 Å². The molecule has 138 valence electrons. The fraction of sp³-hybridized carbons (Fsp3) is 0.400. The number of anilines is 2. The van der Waals surface area contributed by atoms with Crippen LogP contribution in [0.5, 0.6) is 5.75 Å². The third kappa shape index (κ3) is 4.88. The van der Waals surface area contributed by atoms with Gasteiger partial charge in [0, 0.05) is 22.9 Å². The Morgan fingerprint density at radius 1 is 1.15 bits per heavy atom. The van der Waals surface area contributed by atoms with Crippen molar-refractivity contribution in [1.29, 1.82) is 0 Å². The molecule has 1 aliphatic rings. The van der Waals surface area contributed by atoms with Gasteiger partial charge in [-0.15, -0.1) is 0 Å². The number of aromatic nitrogens is 1. The molecular formula is C20H24ClN3O2. The van der Waals surface area contributed by atoms with E-state index in [9.17, 15) is 4.79 Å². The summed E-state index contributed by atoms with van der Waals surface area (Å²) in [6, 6.07) is 9.25. The minimum atomic E-state index is -0.296. The molecule has 1 saturated carbocycles. The molecule has 3 rings (SSSR count). The number of carbonyl (C=O) groups is 1. The van der Waals surface area contributed by atoms with E-state index in [0.29, 0.717) is 28.2 Å². The van der Waals surface area contributed by atoms with Crippen molar-refractivity contribution in [3.63, 3.8) is 0 Å². The highest BCUT2D eigenvalue weighted by Gasteiger charge is 2.15. The fourth-order valence-electron chi connectivity index (χ4n) is 3.27. The first-order chi connectivity index (χ1) is 12.7. The largest absolute Gasteiger partial charge is 0.495 e. The van der Waals surface area contributed by atoms with Gasteiger partial charge in [-0.25, -0.2) is 0 Å². The Kier molecular flexibility index (Phi) is 6.34. The first kappa shape index (κ1) is 18.5. The molecule has 2 aromatic rings. The standard InChI is InChI=1S/C20H24ClN3O2/c1-26-19-9-8-14(21)12-17(19)24-20(25)18-13-16(10-11-22-18)23-15-6-4-2-3-5-7-15/h8-13,15H,2-7H2,1H3,(H,22,23)(H,24,25). The van der Waals surface area contributed by atoms with Gasteiger partial charge in [-0.2, -0.15) is 0 Å². The van der Waals surface area contributed by atoms with Crippen LogP contribution < -0.4 is 15.4 Å². The Hall–Kier alpha value is -2.27. The number of nitrogens with zero attached hydrogens (tertiary/aromatic N) is 1. The summed E-state index contributed by atoms with van der Waals surface area (Å²) in [6.45, 7) is 0. The van der Waals surface area contributed by atoms with Crippen LogP contribution in [0.15, 0.2) is 36.5 Å². The average molecular weight is 374 g/mol. The average Bonchev–Trinajstić information content (AvgIpc) is 2.91. The van der Waals surface area contributed by atoms with Crippen LogP contribution in [0.4, 0.5) is 11.4 Å². The highest BCUT2D eigenvalue weighted by Crippen LogP contribution is 2.28. The Morgan fingerprint density at radius 3 is 2.65 bits per heavy atom. The van der Waals surface area contributed by atoms with Crippen molar-refractivity contribution in [1.82, 2.24) is 4.98 Å². The van der Waals surface area contributed by atoms with Crippen LogP contribution in [-0.4, -0.2) is 24.0 Å². The maximum atomic E-state index is 12.6. The van der Waals surface area contributed by atoms with Crippen molar-refractivity contribution in [3.8, 4) is 5.75 Å². The molecule has 0 aliphatic heterocycles. The third-order valence-electron chi connectivity index (χ3n) is 4.63. The minimum Gasteiger partial charge on any atom is -0.495 e. The first-order valence-electron chi connectivity index (χ1n) is 9.03. The smallest absolute Gasteiger partial charge is 0.274 e. The lowest BCUT2D eigenvalue weighted by atomic mass is 10.1. The molecule has 1 heterocycles. The van der Waals surface area contributed by atoms with E-state index in [1.54, 1.807) is 37.6 Å². The number of benzene rings is 1. The van der Waals surface area contributed by atoms with E-state index in [1.165, 1.54) is 38.5 Å². The highest BCUT2D eigenvalue weighted by atomic mass is 35.5.